The number of carbonyl (C=O) groups excluding carboxylic acids is 2. The van der Waals surface area contributed by atoms with Gasteiger partial charge in [-0.05, 0) is 35.3 Å². The summed E-state index contributed by atoms with van der Waals surface area (Å²) in [6, 6.07) is 1.78. The highest BCUT2D eigenvalue weighted by Gasteiger charge is 2.21. The van der Waals surface area contributed by atoms with Gasteiger partial charge in [0.15, 0.2) is 0 Å². The minimum absolute atomic E-state index is 0.0270. The number of rotatable bonds is 6. The van der Waals surface area contributed by atoms with Crippen molar-refractivity contribution in [1.82, 2.24) is 9.47 Å². The molecular formula is C13H19BrN2O3. The van der Waals surface area contributed by atoms with Crippen LogP contribution >= 0.6 is 15.9 Å². The van der Waals surface area contributed by atoms with Gasteiger partial charge < -0.3 is 14.2 Å². The number of aryl methyl sites for hydroxylation is 1. The Morgan fingerprint density at radius 3 is 2.63 bits per heavy atom. The summed E-state index contributed by atoms with van der Waals surface area (Å²) >= 11 is 3.37. The lowest BCUT2D eigenvalue weighted by atomic mass is 10.3. The summed E-state index contributed by atoms with van der Waals surface area (Å²) in [5.41, 5.74) is 0.583. The Kier molecular flexibility index (Phi) is 6.08. The van der Waals surface area contributed by atoms with Gasteiger partial charge in [-0.25, -0.2) is 0 Å². The van der Waals surface area contributed by atoms with Crippen LogP contribution in [0, 0.1) is 0 Å². The number of ether oxygens (including phenoxy) is 1. The van der Waals surface area contributed by atoms with Gasteiger partial charge in [-0.1, -0.05) is 6.92 Å². The summed E-state index contributed by atoms with van der Waals surface area (Å²) in [4.78, 5) is 25.2. The molecule has 0 aliphatic carbocycles. The predicted octanol–water partition coefficient (Wildman–Crippen LogP) is 2.30. The van der Waals surface area contributed by atoms with E-state index in [1.165, 1.54) is 12.0 Å². The Labute approximate surface area is 121 Å². The zero-order valence-electron chi connectivity index (χ0n) is 11.5. The summed E-state index contributed by atoms with van der Waals surface area (Å²) in [5.74, 6) is -0.574. The quantitative estimate of drug-likeness (QED) is 0.752. The van der Waals surface area contributed by atoms with E-state index >= 15 is 0 Å². The summed E-state index contributed by atoms with van der Waals surface area (Å²) in [5, 5.41) is 0. The van der Waals surface area contributed by atoms with Gasteiger partial charge in [0.05, 0.1) is 7.11 Å². The standard InChI is InChI=1S/C13H19BrN2O3/c1-4-6-16-8-10(14)7-11(16)13(18)15(5-2)9-12(17)19-3/h7-8H,4-6,9H2,1-3H3. The van der Waals surface area contributed by atoms with Crippen molar-refractivity contribution in [2.24, 2.45) is 0 Å². The zero-order valence-corrected chi connectivity index (χ0v) is 13.1. The summed E-state index contributed by atoms with van der Waals surface area (Å²) in [6.45, 7) is 5.09. The largest absolute Gasteiger partial charge is 0.468 e. The third-order valence-corrected chi connectivity index (χ3v) is 3.20. The fraction of sp³-hybridized carbons (Fsp3) is 0.538. The topological polar surface area (TPSA) is 51.5 Å². The molecule has 0 saturated heterocycles. The molecule has 1 rings (SSSR count). The number of methoxy groups -OCH3 is 1. The van der Waals surface area contributed by atoms with Crippen LogP contribution in [0.4, 0.5) is 0 Å². The molecule has 1 aromatic heterocycles. The molecule has 0 unspecified atom stereocenters. The average Bonchev–Trinajstić information content (AvgIpc) is 2.76. The molecule has 0 saturated carbocycles. The number of hydrogen-bond acceptors (Lipinski definition) is 3. The number of carbonyl (C=O) groups is 2. The van der Waals surface area contributed by atoms with Crippen LogP contribution in [0.15, 0.2) is 16.7 Å². The van der Waals surface area contributed by atoms with Crippen molar-refractivity contribution in [1.29, 1.82) is 0 Å². The van der Waals surface area contributed by atoms with Gasteiger partial charge in [0.25, 0.3) is 5.91 Å². The van der Waals surface area contributed by atoms with Crippen LogP contribution in [0.2, 0.25) is 0 Å². The third kappa shape index (κ3) is 4.09. The van der Waals surface area contributed by atoms with Crippen molar-refractivity contribution < 1.29 is 14.3 Å². The Hall–Kier alpha value is -1.30. The van der Waals surface area contributed by atoms with Crippen LogP contribution in [-0.2, 0) is 16.1 Å². The first-order chi connectivity index (χ1) is 9.03. The highest BCUT2D eigenvalue weighted by molar-refractivity contribution is 9.10. The molecule has 0 aliphatic rings. The Balaban J connectivity index is 2.93. The molecule has 0 N–H and O–H groups in total. The number of amides is 1. The van der Waals surface area contributed by atoms with E-state index in [4.69, 9.17) is 0 Å². The van der Waals surface area contributed by atoms with Gasteiger partial charge in [-0.15, -0.1) is 0 Å². The lowest BCUT2D eigenvalue weighted by Gasteiger charge is -2.20. The van der Waals surface area contributed by atoms with Gasteiger partial charge in [0, 0.05) is 23.8 Å². The van der Waals surface area contributed by atoms with Gasteiger partial charge in [0.2, 0.25) is 0 Å². The van der Waals surface area contributed by atoms with E-state index in [-0.39, 0.29) is 12.5 Å². The Bertz CT molecular complexity index is 457. The molecule has 0 atom stereocenters. The van der Waals surface area contributed by atoms with Crippen LogP contribution in [0.1, 0.15) is 30.8 Å². The van der Waals surface area contributed by atoms with Gasteiger partial charge in [0.1, 0.15) is 12.2 Å². The second kappa shape index (κ2) is 7.33. The van der Waals surface area contributed by atoms with E-state index in [0.29, 0.717) is 12.2 Å². The highest BCUT2D eigenvalue weighted by atomic mass is 79.9. The normalized spacial score (nSPS) is 10.3. The number of esters is 1. The number of halogens is 1. The van der Waals surface area contributed by atoms with E-state index in [2.05, 4.69) is 20.7 Å². The summed E-state index contributed by atoms with van der Waals surface area (Å²) < 4.78 is 7.36. The first-order valence-corrected chi connectivity index (χ1v) is 7.04. The maximum atomic E-state index is 12.4. The maximum absolute atomic E-state index is 12.4. The van der Waals surface area contributed by atoms with E-state index in [0.717, 1.165) is 17.4 Å². The molecule has 1 heterocycles. The Morgan fingerprint density at radius 2 is 2.11 bits per heavy atom. The predicted molar refractivity (Wildman–Crippen MR) is 76.0 cm³/mol. The minimum atomic E-state index is -0.414. The van der Waals surface area contributed by atoms with Crippen molar-refractivity contribution in [2.75, 3.05) is 20.2 Å². The molecular weight excluding hydrogens is 312 g/mol. The Morgan fingerprint density at radius 1 is 1.42 bits per heavy atom. The average molecular weight is 331 g/mol. The molecule has 0 aromatic carbocycles. The smallest absolute Gasteiger partial charge is 0.325 e. The van der Waals surface area contributed by atoms with Crippen molar-refractivity contribution in [2.45, 2.75) is 26.8 Å². The highest BCUT2D eigenvalue weighted by Crippen LogP contribution is 2.17. The van der Waals surface area contributed by atoms with Gasteiger partial charge in [-0.2, -0.15) is 0 Å². The SMILES string of the molecule is CCCn1cc(Br)cc1C(=O)N(CC)CC(=O)OC. The summed E-state index contributed by atoms with van der Waals surface area (Å²) in [6.07, 6.45) is 2.81. The first kappa shape index (κ1) is 15.8. The van der Waals surface area contributed by atoms with E-state index < -0.39 is 5.97 Å². The van der Waals surface area contributed by atoms with Crippen LogP contribution < -0.4 is 0 Å². The van der Waals surface area contributed by atoms with Crippen molar-refractivity contribution in [3.63, 3.8) is 0 Å². The number of likely N-dealkylation sites (N-methyl/N-ethyl adjacent to an activating group) is 1. The van der Waals surface area contributed by atoms with Gasteiger partial charge >= 0.3 is 5.97 Å². The van der Waals surface area contributed by atoms with Crippen LogP contribution in [0.3, 0.4) is 0 Å². The molecule has 1 aromatic rings. The molecule has 5 nitrogen and oxygen atoms in total. The number of aromatic nitrogens is 1. The molecule has 0 radical (unpaired) electrons. The second-order valence-corrected chi connectivity index (χ2v) is 5.05. The third-order valence-electron chi connectivity index (χ3n) is 2.76. The van der Waals surface area contributed by atoms with Crippen molar-refractivity contribution >= 4 is 27.8 Å². The minimum Gasteiger partial charge on any atom is -0.468 e. The zero-order chi connectivity index (χ0) is 14.4. The monoisotopic (exact) mass is 330 g/mol. The number of hydrogen-bond donors (Lipinski definition) is 0. The lowest BCUT2D eigenvalue weighted by Crippen LogP contribution is -2.37. The van der Waals surface area contributed by atoms with Gasteiger partial charge in [-0.3, -0.25) is 9.59 Å². The van der Waals surface area contributed by atoms with Crippen molar-refractivity contribution in [3.8, 4) is 0 Å². The maximum Gasteiger partial charge on any atom is 0.325 e. The molecule has 0 aliphatic heterocycles. The van der Waals surface area contributed by atoms with E-state index in [9.17, 15) is 9.59 Å². The fourth-order valence-corrected chi connectivity index (χ4v) is 2.25. The lowest BCUT2D eigenvalue weighted by molar-refractivity contribution is -0.141. The van der Waals surface area contributed by atoms with Crippen LogP contribution in [0.5, 0.6) is 0 Å². The molecule has 0 fully saturated rings. The van der Waals surface area contributed by atoms with E-state index in [1.807, 2.05) is 24.6 Å². The molecule has 19 heavy (non-hydrogen) atoms. The molecule has 106 valence electrons. The summed E-state index contributed by atoms with van der Waals surface area (Å²) in [7, 11) is 1.32. The van der Waals surface area contributed by atoms with Crippen molar-refractivity contribution in [3.05, 3.63) is 22.4 Å². The molecule has 1 amide bonds. The second-order valence-electron chi connectivity index (χ2n) is 4.13. The first-order valence-electron chi connectivity index (χ1n) is 6.25. The van der Waals surface area contributed by atoms with Crippen LogP contribution in [0.25, 0.3) is 0 Å². The van der Waals surface area contributed by atoms with Crippen LogP contribution in [-0.4, -0.2) is 41.5 Å². The molecule has 0 spiro atoms. The molecule has 6 heteroatoms. The molecule has 0 bridgehead atoms. The fourth-order valence-electron chi connectivity index (χ4n) is 1.79. The number of nitrogens with zero attached hydrogens (tertiary/aromatic N) is 2. The van der Waals surface area contributed by atoms with E-state index in [1.54, 1.807) is 6.07 Å².